The summed E-state index contributed by atoms with van der Waals surface area (Å²) in [4.78, 5) is 26.1. The molecule has 0 bridgehead atoms. The summed E-state index contributed by atoms with van der Waals surface area (Å²) in [5.41, 5.74) is -1.51. The minimum absolute atomic E-state index is 0.101. The van der Waals surface area contributed by atoms with Crippen molar-refractivity contribution < 1.29 is 4.84 Å². The van der Waals surface area contributed by atoms with E-state index in [1.165, 1.54) is 13.3 Å². The molecule has 0 saturated carbocycles. The number of H-pyrrole nitrogens is 1. The van der Waals surface area contributed by atoms with Gasteiger partial charge in [-0.15, -0.1) is 0 Å². The third-order valence-corrected chi connectivity index (χ3v) is 1.21. The highest BCUT2D eigenvalue weighted by Crippen LogP contribution is 1.70. The quantitative estimate of drug-likeness (QED) is 0.346. The molecule has 1 N–H and O–H groups in total. The predicted molar refractivity (Wildman–Crippen MR) is 43.5 cm³/mol. The molecule has 69 valence electrons. The Bertz CT molecular complexity index is 405. The number of aromatic amines is 1. The first-order valence-corrected chi connectivity index (χ1v) is 3.38. The lowest BCUT2D eigenvalue weighted by Crippen LogP contribution is -2.37. The molecule has 1 radical (unpaired) electrons. The van der Waals surface area contributed by atoms with E-state index in [9.17, 15) is 9.59 Å². The standard InChI is InChI=1S/C6H7N4O3/c1-13-8-2-3-10-4-7-9-5(11)6(10)12/h2H,3H2,1H3,(H,9,11)/b8-2+. The van der Waals surface area contributed by atoms with Gasteiger partial charge in [0.2, 0.25) is 6.33 Å². The van der Waals surface area contributed by atoms with Crippen LogP contribution in [0.1, 0.15) is 0 Å². The topological polar surface area (TPSA) is 89.3 Å². The Kier molecular flexibility index (Phi) is 2.96. The van der Waals surface area contributed by atoms with Crippen molar-refractivity contribution in [2.45, 2.75) is 6.54 Å². The summed E-state index contributed by atoms with van der Waals surface area (Å²) >= 11 is 0. The average molecular weight is 183 g/mol. The minimum Gasteiger partial charge on any atom is -0.399 e. The van der Waals surface area contributed by atoms with Gasteiger partial charge < -0.3 is 4.84 Å². The largest absolute Gasteiger partial charge is 0.399 e. The maximum atomic E-state index is 11.0. The van der Waals surface area contributed by atoms with E-state index in [0.29, 0.717) is 0 Å². The Labute approximate surface area is 72.6 Å². The van der Waals surface area contributed by atoms with Gasteiger partial charge in [-0.25, -0.2) is 5.10 Å². The maximum Gasteiger partial charge on any atom is 0.330 e. The normalized spacial score (nSPS) is 10.5. The molecule has 7 heteroatoms. The lowest BCUT2D eigenvalue weighted by atomic mass is 10.6. The molecule has 0 aliphatic heterocycles. The zero-order valence-electron chi connectivity index (χ0n) is 6.85. The molecule has 0 atom stereocenters. The summed E-state index contributed by atoms with van der Waals surface area (Å²) in [6.07, 6.45) is 3.61. The van der Waals surface area contributed by atoms with Gasteiger partial charge in [0.05, 0.1) is 12.8 Å². The van der Waals surface area contributed by atoms with Crippen molar-refractivity contribution in [1.29, 1.82) is 0 Å². The molecule has 13 heavy (non-hydrogen) atoms. The number of nitrogens with one attached hydrogen (secondary N) is 1. The first-order valence-electron chi connectivity index (χ1n) is 3.38. The van der Waals surface area contributed by atoms with Crippen LogP contribution in [0, 0.1) is 6.33 Å². The second kappa shape index (κ2) is 4.19. The van der Waals surface area contributed by atoms with Crippen molar-refractivity contribution >= 4 is 6.21 Å². The van der Waals surface area contributed by atoms with E-state index in [-0.39, 0.29) is 6.54 Å². The van der Waals surface area contributed by atoms with E-state index in [1.54, 1.807) is 0 Å². The van der Waals surface area contributed by atoms with Crippen LogP contribution in [0.3, 0.4) is 0 Å². The molecule has 0 fully saturated rings. The molecular formula is C6H7N4O3. The number of rotatable bonds is 3. The number of hydrogen-bond acceptors (Lipinski definition) is 5. The van der Waals surface area contributed by atoms with Crippen LogP contribution in [0.25, 0.3) is 0 Å². The van der Waals surface area contributed by atoms with Gasteiger partial charge in [0, 0.05) is 0 Å². The van der Waals surface area contributed by atoms with Crippen LogP contribution in [-0.2, 0) is 11.4 Å². The van der Waals surface area contributed by atoms with Crippen LogP contribution in [0.4, 0.5) is 0 Å². The lowest BCUT2D eigenvalue weighted by molar-refractivity contribution is 0.214. The van der Waals surface area contributed by atoms with Crippen molar-refractivity contribution in [3.8, 4) is 0 Å². The second-order valence-corrected chi connectivity index (χ2v) is 2.04. The van der Waals surface area contributed by atoms with Crippen LogP contribution in [-0.4, -0.2) is 28.1 Å². The summed E-state index contributed by atoms with van der Waals surface area (Å²) in [6.45, 7) is 0.101. The number of aromatic nitrogens is 3. The van der Waals surface area contributed by atoms with E-state index in [1.807, 2.05) is 5.10 Å². The first kappa shape index (κ1) is 9.17. The minimum atomic E-state index is -0.787. The highest BCUT2D eigenvalue weighted by Gasteiger charge is 1.98. The van der Waals surface area contributed by atoms with Crippen molar-refractivity contribution in [2.75, 3.05) is 7.11 Å². The monoisotopic (exact) mass is 183 g/mol. The van der Waals surface area contributed by atoms with Gasteiger partial charge in [-0.1, -0.05) is 5.16 Å². The van der Waals surface area contributed by atoms with Gasteiger partial charge in [0.15, 0.2) is 0 Å². The molecule has 1 heterocycles. The van der Waals surface area contributed by atoms with Crippen molar-refractivity contribution in [3.63, 3.8) is 0 Å². The molecule has 0 aliphatic carbocycles. The molecule has 0 amide bonds. The van der Waals surface area contributed by atoms with Crippen molar-refractivity contribution in [3.05, 3.63) is 27.0 Å². The summed E-state index contributed by atoms with van der Waals surface area (Å²) < 4.78 is 0.987. The summed E-state index contributed by atoms with van der Waals surface area (Å²) in [6, 6.07) is 0. The zero-order valence-corrected chi connectivity index (χ0v) is 6.85. The Morgan fingerprint density at radius 3 is 3.23 bits per heavy atom. The summed E-state index contributed by atoms with van der Waals surface area (Å²) in [7, 11) is 1.37. The Morgan fingerprint density at radius 2 is 2.54 bits per heavy atom. The van der Waals surface area contributed by atoms with Gasteiger partial charge in [0.1, 0.15) is 7.11 Å². The van der Waals surface area contributed by atoms with E-state index < -0.39 is 11.1 Å². The Hall–Kier alpha value is -1.92. The van der Waals surface area contributed by atoms with Crippen LogP contribution in [0.15, 0.2) is 14.7 Å². The predicted octanol–water partition coefficient (Wildman–Crippen LogP) is -1.64. The highest BCUT2D eigenvalue weighted by atomic mass is 16.6. The fourth-order valence-electron chi connectivity index (χ4n) is 0.665. The first-order chi connectivity index (χ1) is 6.25. The molecular weight excluding hydrogens is 176 g/mol. The second-order valence-electron chi connectivity index (χ2n) is 2.04. The molecule has 0 unspecified atom stereocenters. The van der Waals surface area contributed by atoms with E-state index in [0.717, 1.165) is 4.57 Å². The van der Waals surface area contributed by atoms with Gasteiger partial charge in [-0.3, -0.25) is 14.2 Å². The number of nitrogens with zero attached hydrogens (tertiary/aromatic N) is 3. The van der Waals surface area contributed by atoms with E-state index in [4.69, 9.17) is 0 Å². The SMILES string of the molecule is CO/N=C/Cn1[c]n[nH]c(=O)c1=O. The van der Waals surface area contributed by atoms with Gasteiger partial charge >= 0.3 is 11.1 Å². The summed E-state index contributed by atoms with van der Waals surface area (Å²) in [5, 5.41) is 8.68. The maximum absolute atomic E-state index is 11.0. The molecule has 0 aromatic carbocycles. The van der Waals surface area contributed by atoms with Crippen LogP contribution in [0.5, 0.6) is 0 Å². The van der Waals surface area contributed by atoms with Gasteiger partial charge in [-0.05, 0) is 0 Å². The average Bonchev–Trinajstić information content (AvgIpc) is 2.13. The molecule has 1 rings (SSSR count). The third-order valence-electron chi connectivity index (χ3n) is 1.21. The number of hydrogen-bond donors (Lipinski definition) is 1. The fraction of sp³-hybridized carbons (Fsp3) is 0.333. The zero-order chi connectivity index (χ0) is 9.68. The van der Waals surface area contributed by atoms with E-state index >= 15 is 0 Å². The Morgan fingerprint density at radius 1 is 1.77 bits per heavy atom. The smallest absolute Gasteiger partial charge is 0.330 e. The molecule has 0 spiro atoms. The molecule has 0 aliphatic rings. The van der Waals surface area contributed by atoms with Crippen molar-refractivity contribution in [2.24, 2.45) is 5.16 Å². The van der Waals surface area contributed by atoms with Gasteiger partial charge in [-0.2, -0.15) is 5.10 Å². The third kappa shape index (κ3) is 2.26. The molecule has 7 nitrogen and oxygen atoms in total. The molecule has 1 aromatic heterocycles. The van der Waals surface area contributed by atoms with Gasteiger partial charge in [0.25, 0.3) is 0 Å². The van der Waals surface area contributed by atoms with Crippen LogP contribution >= 0.6 is 0 Å². The molecule has 1 aromatic rings. The molecule has 0 saturated heterocycles. The Balaban J connectivity index is 2.90. The fourth-order valence-corrected chi connectivity index (χ4v) is 0.665. The van der Waals surface area contributed by atoms with Crippen molar-refractivity contribution in [1.82, 2.24) is 14.8 Å². The highest BCUT2D eigenvalue weighted by molar-refractivity contribution is 5.55. The van der Waals surface area contributed by atoms with Crippen LogP contribution < -0.4 is 11.1 Å². The number of oxime groups is 1. The van der Waals surface area contributed by atoms with E-state index in [2.05, 4.69) is 21.4 Å². The summed E-state index contributed by atoms with van der Waals surface area (Å²) in [5.74, 6) is 0. The lowest BCUT2D eigenvalue weighted by Gasteiger charge is -1.95. The van der Waals surface area contributed by atoms with Crippen LogP contribution in [0.2, 0.25) is 0 Å².